The number of fused-ring (bicyclic) bond motifs is 6. The summed E-state index contributed by atoms with van der Waals surface area (Å²) >= 11 is 0. The number of carbonyl (C=O) groups excluding carboxylic acids is 3. The lowest BCUT2D eigenvalue weighted by Crippen LogP contribution is -2.51. The molecular formula is C28H21FN2O3. The summed E-state index contributed by atoms with van der Waals surface area (Å²) in [6, 6.07) is 19.0. The standard InChI is InChI=1S/C28H21FN2O3/c1-16(32)25-24(26(33)18-9-3-5-11-20(18)29)28(19-10-4-6-12-21(19)30-27(28)34)23-15-14-17-8-2-7-13-22(17)31(23)25/h2-15,23-25H,1H3,(H,30,34)/t23-,24+,25+,28-/m1/s1. The molecule has 0 unspecified atom stereocenters. The SMILES string of the molecule is CC(=O)[C@H]1[C@@H](C(=O)c2ccccc2F)[C@]2(C(=O)Nc3ccccc32)[C@H]2C=Cc3ccccc3N12. The van der Waals surface area contributed by atoms with Gasteiger partial charge in [0.05, 0.1) is 23.6 Å². The molecule has 1 amide bonds. The van der Waals surface area contributed by atoms with Gasteiger partial charge in [0.1, 0.15) is 11.2 Å². The number of hydrogen-bond donors (Lipinski definition) is 1. The molecule has 1 fully saturated rings. The third-order valence-electron chi connectivity index (χ3n) is 7.38. The first-order chi connectivity index (χ1) is 16.5. The van der Waals surface area contributed by atoms with Crippen LogP contribution in [0.3, 0.4) is 0 Å². The van der Waals surface area contributed by atoms with Gasteiger partial charge in [0.2, 0.25) is 5.91 Å². The van der Waals surface area contributed by atoms with Crippen molar-refractivity contribution in [2.45, 2.75) is 24.4 Å². The number of nitrogens with one attached hydrogen (secondary N) is 1. The molecule has 3 aliphatic heterocycles. The second kappa shape index (κ2) is 7.22. The van der Waals surface area contributed by atoms with Crippen molar-refractivity contribution >= 4 is 34.9 Å². The number of Topliss-reactive ketones (excluding diaryl/α,β-unsaturated/α-hetero) is 2. The zero-order chi connectivity index (χ0) is 23.6. The van der Waals surface area contributed by atoms with Gasteiger partial charge in [0, 0.05) is 11.4 Å². The Balaban J connectivity index is 1.68. The molecule has 168 valence electrons. The highest BCUT2D eigenvalue weighted by molar-refractivity contribution is 6.16. The van der Waals surface area contributed by atoms with Crippen LogP contribution < -0.4 is 10.2 Å². The molecule has 0 radical (unpaired) electrons. The molecule has 3 aromatic rings. The molecule has 0 aliphatic carbocycles. The monoisotopic (exact) mass is 452 g/mol. The number of amides is 1. The summed E-state index contributed by atoms with van der Waals surface area (Å²) in [5.74, 6) is -2.95. The molecule has 3 aromatic carbocycles. The minimum Gasteiger partial charge on any atom is -0.352 e. The lowest BCUT2D eigenvalue weighted by molar-refractivity contribution is -0.122. The van der Waals surface area contributed by atoms with Crippen LogP contribution >= 0.6 is 0 Å². The molecule has 1 saturated heterocycles. The zero-order valence-corrected chi connectivity index (χ0v) is 18.4. The van der Waals surface area contributed by atoms with Crippen LogP contribution in [0.1, 0.15) is 28.4 Å². The number of rotatable bonds is 3. The number of para-hydroxylation sites is 2. The molecule has 3 aliphatic rings. The van der Waals surface area contributed by atoms with Crippen LogP contribution in [0.4, 0.5) is 15.8 Å². The number of ketones is 2. The quantitative estimate of drug-likeness (QED) is 0.599. The first kappa shape index (κ1) is 20.5. The zero-order valence-electron chi connectivity index (χ0n) is 18.4. The number of benzene rings is 3. The fraction of sp³-hybridized carbons (Fsp3) is 0.179. The molecule has 0 aromatic heterocycles. The fourth-order valence-electron chi connectivity index (χ4n) is 6.10. The fourth-order valence-corrected chi connectivity index (χ4v) is 6.10. The highest BCUT2D eigenvalue weighted by Gasteiger charge is 2.69. The minimum absolute atomic E-state index is 0.118. The Morgan fingerprint density at radius 3 is 2.47 bits per heavy atom. The maximum atomic E-state index is 14.9. The van der Waals surface area contributed by atoms with Gasteiger partial charge in [-0.25, -0.2) is 4.39 Å². The van der Waals surface area contributed by atoms with Crippen molar-refractivity contribution < 1.29 is 18.8 Å². The van der Waals surface area contributed by atoms with Crippen molar-refractivity contribution in [1.82, 2.24) is 0 Å². The highest BCUT2D eigenvalue weighted by atomic mass is 19.1. The van der Waals surface area contributed by atoms with Crippen molar-refractivity contribution in [1.29, 1.82) is 0 Å². The summed E-state index contributed by atoms with van der Waals surface area (Å²) in [6.07, 6.45) is 3.83. The van der Waals surface area contributed by atoms with E-state index < -0.39 is 35.0 Å². The number of anilines is 2. The van der Waals surface area contributed by atoms with E-state index in [9.17, 15) is 18.8 Å². The maximum absolute atomic E-state index is 14.9. The van der Waals surface area contributed by atoms with Gasteiger partial charge in [0.25, 0.3) is 0 Å². The number of hydrogen-bond acceptors (Lipinski definition) is 4. The lowest BCUT2D eigenvalue weighted by Gasteiger charge is -2.37. The predicted octanol–water partition coefficient (Wildman–Crippen LogP) is 4.39. The lowest BCUT2D eigenvalue weighted by atomic mass is 9.64. The van der Waals surface area contributed by atoms with E-state index >= 15 is 0 Å². The van der Waals surface area contributed by atoms with E-state index in [1.54, 1.807) is 12.1 Å². The Labute approximate surface area is 195 Å². The molecule has 34 heavy (non-hydrogen) atoms. The summed E-state index contributed by atoms with van der Waals surface area (Å²) in [5, 5.41) is 2.94. The van der Waals surface area contributed by atoms with Crippen LogP contribution in [0.15, 0.2) is 78.9 Å². The predicted molar refractivity (Wildman–Crippen MR) is 127 cm³/mol. The second-order valence-electron chi connectivity index (χ2n) is 9.02. The first-order valence-electron chi connectivity index (χ1n) is 11.2. The van der Waals surface area contributed by atoms with Crippen molar-refractivity contribution in [2.24, 2.45) is 5.92 Å². The van der Waals surface area contributed by atoms with Crippen LogP contribution in [0.5, 0.6) is 0 Å². The van der Waals surface area contributed by atoms with Gasteiger partial charge >= 0.3 is 0 Å². The van der Waals surface area contributed by atoms with E-state index in [1.807, 2.05) is 59.5 Å². The molecular weight excluding hydrogens is 431 g/mol. The van der Waals surface area contributed by atoms with Crippen LogP contribution in [0.2, 0.25) is 0 Å². The normalized spacial score (nSPS) is 26.1. The van der Waals surface area contributed by atoms with E-state index in [0.29, 0.717) is 11.3 Å². The molecule has 1 N–H and O–H groups in total. The van der Waals surface area contributed by atoms with Crippen molar-refractivity contribution in [2.75, 3.05) is 10.2 Å². The van der Waals surface area contributed by atoms with Crippen LogP contribution in [-0.4, -0.2) is 29.6 Å². The Hall–Kier alpha value is -4.06. The summed E-state index contributed by atoms with van der Waals surface area (Å²) in [4.78, 5) is 43.2. The third-order valence-corrected chi connectivity index (χ3v) is 7.38. The van der Waals surface area contributed by atoms with Gasteiger partial charge < -0.3 is 10.2 Å². The van der Waals surface area contributed by atoms with E-state index in [-0.39, 0.29) is 17.3 Å². The molecule has 6 rings (SSSR count). The average Bonchev–Trinajstić information content (AvgIpc) is 3.32. The smallest absolute Gasteiger partial charge is 0.238 e. The Bertz CT molecular complexity index is 1410. The van der Waals surface area contributed by atoms with Gasteiger partial charge in [-0.1, -0.05) is 60.7 Å². The van der Waals surface area contributed by atoms with Crippen molar-refractivity contribution in [3.8, 4) is 0 Å². The Morgan fingerprint density at radius 1 is 0.971 bits per heavy atom. The van der Waals surface area contributed by atoms with Crippen molar-refractivity contribution in [3.05, 3.63) is 101 Å². The van der Waals surface area contributed by atoms with E-state index in [0.717, 1.165) is 11.3 Å². The molecule has 6 heteroatoms. The Kier molecular flexibility index (Phi) is 4.36. The van der Waals surface area contributed by atoms with Gasteiger partial charge in [-0.05, 0) is 42.3 Å². The molecule has 4 atom stereocenters. The first-order valence-corrected chi connectivity index (χ1v) is 11.2. The number of halogens is 1. The Morgan fingerprint density at radius 2 is 1.68 bits per heavy atom. The molecule has 3 heterocycles. The minimum atomic E-state index is -1.39. The van der Waals surface area contributed by atoms with E-state index in [2.05, 4.69) is 5.32 Å². The summed E-state index contributed by atoms with van der Waals surface area (Å²) < 4.78 is 14.9. The molecule has 1 spiro atoms. The van der Waals surface area contributed by atoms with Crippen LogP contribution in [0.25, 0.3) is 6.08 Å². The third kappa shape index (κ3) is 2.51. The van der Waals surface area contributed by atoms with Gasteiger partial charge in [-0.2, -0.15) is 0 Å². The van der Waals surface area contributed by atoms with Gasteiger partial charge in [0.15, 0.2) is 11.6 Å². The second-order valence-corrected chi connectivity index (χ2v) is 9.02. The highest BCUT2D eigenvalue weighted by Crippen LogP contribution is 2.57. The van der Waals surface area contributed by atoms with Gasteiger partial charge in [-0.15, -0.1) is 0 Å². The van der Waals surface area contributed by atoms with Crippen LogP contribution in [-0.2, 0) is 15.0 Å². The van der Waals surface area contributed by atoms with E-state index in [1.165, 1.54) is 25.1 Å². The maximum Gasteiger partial charge on any atom is 0.238 e. The van der Waals surface area contributed by atoms with Crippen LogP contribution in [0, 0.1) is 11.7 Å². The molecule has 0 bridgehead atoms. The topological polar surface area (TPSA) is 66.5 Å². The summed E-state index contributed by atoms with van der Waals surface area (Å²) in [5.41, 5.74) is 1.41. The largest absolute Gasteiger partial charge is 0.352 e. The number of carbonyl (C=O) groups is 3. The summed E-state index contributed by atoms with van der Waals surface area (Å²) in [6.45, 7) is 1.43. The molecule has 5 nitrogen and oxygen atoms in total. The van der Waals surface area contributed by atoms with Crippen molar-refractivity contribution in [3.63, 3.8) is 0 Å². The molecule has 0 saturated carbocycles. The van der Waals surface area contributed by atoms with Gasteiger partial charge in [-0.3, -0.25) is 14.4 Å². The summed E-state index contributed by atoms with van der Waals surface area (Å²) in [7, 11) is 0. The number of nitrogens with zero attached hydrogens (tertiary/aromatic N) is 1. The average molecular weight is 452 g/mol. The van der Waals surface area contributed by atoms with E-state index in [4.69, 9.17) is 0 Å².